The van der Waals surface area contributed by atoms with E-state index in [9.17, 15) is 4.79 Å². The van der Waals surface area contributed by atoms with Crippen LogP contribution in [0, 0.1) is 0 Å². The standard InChI is InChI=1S/C10H11NO4/c1-13-6-11-8(10(12)14-2)5-7-3-4-15-9(7)11/h3-5H,6H2,1-2H3. The highest BCUT2D eigenvalue weighted by Gasteiger charge is 2.17. The van der Waals surface area contributed by atoms with Crippen LogP contribution in [0.4, 0.5) is 0 Å². The monoisotopic (exact) mass is 209 g/mol. The van der Waals surface area contributed by atoms with Gasteiger partial charge in [-0.15, -0.1) is 0 Å². The van der Waals surface area contributed by atoms with Gasteiger partial charge in [0.2, 0.25) is 5.71 Å². The summed E-state index contributed by atoms with van der Waals surface area (Å²) in [6.07, 6.45) is 1.57. The second-order valence-electron chi connectivity index (χ2n) is 3.05. The van der Waals surface area contributed by atoms with Gasteiger partial charge in [0, 0.05) is 12.5 Å². The van der Waals surface area contributed by atoms with Gasteiger partial charge >= 0.3 is 5.97 Å². The molecule has 0 aliphatic carbocycles. The molecule has 0 spiro atoms. The van der Waals surface area contributed by atoms with Gasteiger partial charge in [0.05, 0.1) is 13.4 Å². The van der Waals surface area contributed by atoms with Crippen LogP contribution in [0.5, 0.6) is 0 Å². The lowest BCUT2D eigenvalue weighted by Gasteiger charge is -2.05. The molecule has 15 heavy (non-hydrogen) atoms. The summed E-state index contributed by atoms with van der Waals surface area (Å²) in [6, 6.07) is 3.50. The predicted octanol–water partition coefficient (Wildman–Crippen LogP) is 1.62. The molecular weight excluding hydrogens is 198 g/mol. The highest BCUT2D eigenvalue weighted by atomic mass is 16.5. The third kappa shape index (κ3) is 1.50. The molecule has 2 heterocycles. The fraction of sp³-hybridized carbons (Fsp3) is 0.300. The van der Waals surface area contributed by atoms with Gasteiger partial charge in [-0.3, -0.25) is 4.57 Å². The van der Waals surface area contributed by atoms with Gasteiger partial charge in [-0.1, -0.05) is 0 Å². The van der Waals surface area contributed by atoms with Gasteiger partial charge in [0.25, 0.3) is 0 Å². The molecule has 0 aliphatic heterocycles. The van der Waals surface area contributed by atoms with Gasteiger partial charge in [-0.2, -0.15) is 0 Å². The van der Waals surface area contributed by atoms with Gasteiger partial charge in [0.1, 0.15) is 12.4 Å². The van der Waals surface area contributed by atoms with Crippen LogP contribution in [-0.2, 0) is 16.2 Å². The lowest BCUT2D eigenvalue weighted by molar-refractivity contribution is 0.0567. The van der Waals surface area contributed by atoms with Crippen molar-refractivity contribution in [2.45, 2.75) is 6.73 Å². The van der Waals surface area contributed by atoms with E-state index in [-0.39, 0.29) is 6.73 Å². The zero-order valence-electron chi connectivity index (χ0n) is 8.52. The first kappa shape index (κ1) is 9.79. The Bertz CT molecular complexity index is 483. The highest BCUT2D eigenvalue weighted by Crippen LogP contribution is 2.21. The average Bonchev–Trinajstić information content (AvgIpc) is 2.80. The SMILES string of the molecule is COCn1c(C(=O)OC)cc2ccoc21. The van der Waals surface area contributed by atoms with Crippen LogP contribution in [0.25, 0.3) is 11.1 Å². The average molecular weight is 209 g/mol. The van der Waals surface area contributed by atoms with Crippen LogP contribution < -0.4 is 0 Å². The Morgan fingerprint density at radius 2 is 2.33 bits per heavy atom. The number of aromatic nitrogens is 1. The molecule has 0 fully saturated rings. The zero-order chi connectivity index (χ0) is 10.8. The zero-order valence-corrected chi connectivity index (χ0v) is 8.52. The molecule has 0 radical (unpaired) electrons. The molecule has 2 rings (SSSR count). The van der Waals surface area contributed by atoms with Crippen molar-refractivity contribution >= 4 is 17.1 Å². The summed E-state index contributed by atoms with van der Waals surface area (Å²) < 4.78 is 16.5. The molecule has 0 bridgehead atoms. The summed E-state index contributed by atoms with van der Waals surface area (Å²) in [5, 5.41) is 0.854. The van der Waals surface area contributed by atoms with Crippen molar-refractivity contribution in [3.63, 3.8) is 0 Å². The molecule has 0 aliphatic rings. The lowest BCUT2D eigenvalue weighted by Crippen LogP contribution is -2.11. The number of methoxy groups -OCH3 is 2. The molecule has 0 N–H and O–H groups in total. The van der Waals surface area contributed by atoms with E-state index in [1.165, 1.54) is 7.11 Å². The summed E-state index contributed by atoms with van der Waals surface area (Å²) >= 11 is 0. The number of nitrogens with zero attached hydrogens (tertiary/aromatic N) is 1. The van der Waals surface area contributed by atoms with Crippen LogP contribution in [-0.4, -0.2) is 24.8 Å². The number of carbonyl (C=O) groups excluding carboxylic acids is 1. The molecule has 5 heteroatoms. The van der Waals surface area contributed by atoms with E-state index in [1.807, 2.05) is 0 Å². The maximum Gasteiger partial charge on any atom is 0.354 e. The number of fused-ring (bicyclic) bond motifs is 1. The molecule has 2 aromatic rings. The van der Waals surface area contributed by atoms with Gasteiger partial charge < -0.3 is 13.9 Å². The van der Waals surface area contributed by atoms with E-state index in [1.54, 1.807) is 30.1 Å². The number of furan rings is 1. The van der Waals surface area contributed by atoms with Gasteiger partial charge in [0.15, 0.2) is 0 Å². The largest absolute Gasteiger partial charge is 0.464 e. The topological polar surface area (TPSA) is 53.6 Å². The minimum absolute atomic E-state index is 0.251. The summed E-state index contributed by atoms with van der Waals surface area (Å²) in [5.74, 6) is -0.404. The normalized spacial score (nSPS) is 10.8. The minimum Gasteiger partial charge on any atom is -0.464 e. The van der Waals surface area contributed by atoms with Crippen LogP contribution >= 0.6 is 0 Å². The van der Waals surface area contributed by atoms with Crippen molar-refractivity contribution in [2.75, 3.05) is 14.2 Å². The van der Waals surface area contributed by atoms with Crippen molar-refractivity contribution in [2.24, 2.45) is 0 Å². The number of esters is 1. The number of carbonyl (C=O) groups is 1. The molecule has 0 unspecified atom stereocenters. The Morgan fingerprint density at radius 3 is 3.00 bits per heavy atom. The Kier molecular flexibility index (Phi) is 2.47. The Hall–Kier alpha value is -1.75. The summed E-state index contributed by atoms with van der Waals surface area (Å²) in [4.78, 5) is 11.4. The van der Waals surface area contributed by atoms with Crippen LogP contribution in [0.2, 0.25) is 0 Å². The second-order valence-corrected chi connectivity index (χ2v) is 3.05. The van der Waals surface area contributed by atoms with Crippen molar-refractivity contribution in [1.29, 1.82) is 0 Å². The first-order chi connectivity index (χ1) is 7.27. The van der Waals surface area contributed by atoms with E-state index in [2.05, 4.69) is 4.74 Å². The maximum atomic E-state index is 11.4. The third-order valence-corrected chi connectivity index (χ3v) is 2.16. The minimum atomic E-state index is -0.404. The number of hydrogen-bond donors (Lipinski definition) is 0. The predicted molar refractivity (Wildman–Crippen MR) is 52.6 cm³/mol. The van der Waals surface area contributed by atoms with Crippen LogP contribution in [0.15, 0.2) is 22.8 Å². The molecule has 80 valence electrons. The summed E-state index contributed by atoms with van der Waals surface area (Å²) in [6.45, 7) is 0.251. The van der Waals surface area contributed by atoms with Crippen molar-refractivity contribution in [3.05, 3.63) is 24.1 Å². The number of rotatable bonds is 3. The Morgan fingerprint density at radius 1 is 1.53 bits per heavy atom. The van der Waals surface area contributed by atoms with E-state index >= 15 is 0 Å². The quantitative estimate of drug-likeness (QED) is 0.721. The van der Waals surface area contributed by atoms with Gasteiger partial charge in [-0.25, -0.2) is 4.79 Å². The smallest absolute Gasteiger partial charge is 0.354 e. The Labute approximate surface area is 86.2 Å². The third-order valence-electron chi connectivity index (χ3n) is 2.16. The fourth-order valence-corrected chi connectivity index (χ4v) is 1.51. The molecule has 0 saturated carbocycles. The second kappa shape index (κ2) is 3.78. The fourth-order valence-electron chi connectivity index (χ4n) is 1.51. The molecule has 5 nitrogen and oxygen atoms in total. The Balaban J connectivity index is 2.56. The van der Waals surface area contributed by atoms with Crippen molar-refractivity contribution in [1.82, 2.24) is 4.57 Å². The first-order valence-corrected chi connectivity index (χ1v) is 4.42. The van der Waals surface area contributed by atoms with E-state index in [4.69, 9.17) is 9.15 Å². The highest BCUT2D eigenvalue weighted by molar-refractivity contribution is 5.94. The van der Waals surface area contributed by atoms with Gasteiger partial charge in [-0.05, 0) is 12.1 Å². The number of ether oxygens (including phenoxy) is 2. The van der Waals surface area contributed by atoms with E-state index in [0.717, 1.165) is 5.39 Å². The van der Waals surface area contributed by atoms with Crippen LogP contribution in [0.1, 0.15) is 10.5 Å². The van der Waals surface area contributed by atoms with E-state index in [0.29, 0.717) is 11.4 Å². The van der Waals surface area contributed by atoms with Crippen LogP contribution in [0.3, 0.4) is 0 Å². The number of hydrogen-bond acceptors (Lipinski definition) is 4. The summed E-state index contributed by atoms with van der Waals surface area (Å²) in [7, 11) is 2.89. The molecule has 0 amide bonds. The molecule has 0 aromatic carbocycles. The first-order valence-electron chi connectivity index (χ1n) is 4.42. The summed E-state index contributed by atoms with van der Waals surface area (Å²) in [5.41, 5.74) is 1.03. The lowest BCUT2D eigenvalue weighted by atomic mass is 10.3. The van der Waals surface area contributed by atoms with Crippen molar-refractivity contribution in [3.8, 4) is 0 Å². The molecule has 2 aromatic heterocycles. The maximum absolute atomic E-state index is 11.4. The molecule has 0 saturated heterocycles. The van der Waals surface area contributed by atoms with Crippen molar-refractivity contribution < 1.29 is 18.7 Å². The van der Waals surface area contributed by atoms with E-state index < -0.39 is 5.97 Å². The molecule has 0 atom stereocenters. The molecular formula is C10H11NO4.